The highest BCUT2D eigenvalue weighted by atomic mass is 32.1. The lowest BCUT2D eigenvalue weighted by molar-refractivity contribution is -0.141. The number of aryl methyl sites for hydroxylation is 1. The molecule has 0 aliphatic carbocycles. The van der Waals surface area contributed by atoms with Gasteiger partial charge in [-0.25, -0.2) is 9.78 Å². The van der Waals surface area contributed by atoms with Crippen LogP contribution in [0.1, 0.15) is 95.5 Å². The zero-order valence-corrected chi connectivity index (χ0v) is 44.9. The molecule has 7 heterocycles. The Labute approximate surface area is 427 Å². The van der Waals surface area contributed by atoms with E-state index in [2.05, 4.69) is 86.8 Å². The highest BCUT2D eigenvalue weighted by Gasteiger charge is 2.48. The third kappa shape index (κ3) is 10.8. The molecule has 2 unspecified atom stereocenters. The van der Waals surface area contributed by atoms with Crippen LogP contribution in [0.25, 0.3) is 21.7 Å². The van der Waals surface area contributed by atoms with Gasteiger partial charge in [0, 0.05) is 69.9 Å². The first-order valence-corrected chi connectivity index (χ1v) is 29.2. The number of aromatic hydroxyl groups is 1. The number of ether oxygens (including phenoxy) is 1. The number of hydrogen-bond donors (Lipinski definition) is 3. The van der Waals surface area contributed by atoms with E-state index in [0.717, 1.165) is 72.2 Å². The number of thiazole rings is 1. The van der Waals surface area contributed by atoms with Crippen molar-refractivity contribution in [3.8, 4) is 27.4 Å². The molecule has 3 aromatic heterocycles. The number of para-hydroxylation sites is 1. The summed E-state index contributed by atoms with van der Waals surface area (Å²) >= 11 is 1.60. The highest BCUT2D eigenvalue weighted by Crippen LogP contribution is 2.41. The zero-order valence-electron chi connectivity index (χ0n) is 43.1. The standard InChI is InChI=1S/C53H70N10O7SSi/c1-32(2)47(51(66)63-29-40(70-72(8,9)53(5,6)7)25-44(63)50(65)56-33(3)35-14-16-36(17-15-35)48-34(4)55-31-71-48)46-24-37(59-69-46)30-68-52(67)60-20-18-38(19-21-60)61-22-23-62-39(28-61)27-54-49-43(62)26-42(57-58-49)41-12-10-11-13-45(41)64/h10-17,24,26,31-33,38-40,44,47,64H,18-23,25,27-30H2,1-9H3,(H,54,58)(H,56,65)/t33-,39-,40?,44+,47?/m0/s1. The molecular weight excluding hydrogens is 949 g/mol. The van der Waals surface area contributed by atoms with Crippen LogP contribution >= 0.6 is 11.3 Å². The molecular formula is C53H70N10O7SSi. The number of likely N-dealkylation sites (tertiary alicyclic amines) is 2. The number of carbonyl (C=O) groups excluding carboxylic acids is 3. The van der Waals surface area contributed by atoms with Crippen LogP contribution in [0.4, 0.5) is 16.3 Å². The van der Waals surface area contributed by atoms with Gasteiger partial charge in [0.05, 0.1) is 45.7 Å². The number of phenols is 1. The van der Waals surface area contributed by atoms with Crippen molar-refractivity contribution in [1.82, 2.24) is 40.4 Å². The Balaban J connectivity index is 0.798. The number of aromatic nitrogens is 4. The van der Waals surface area contributed by atoms with E-state index < -0.39 is 26.4 Å². The molecule has 72 heavy (non-hydrogen) atoms. The minimum atomic E-state index is -2.26. The summed E-state index contributed by atoms with van der Waals surface area (Å²) in [7, 11) is -2.26. The maximum Gasteiger partial charge on any atom is 0.410 e. The van der Waals surface area contributed by atoms with E-state index in [1.165, 1.54) is 0 Å². The quantitative estimate of drug-likeness (QED) is 0.0950. The number of nitrogens with zero attached hydrogens (tertiary/aromatic N) is 8. The Morgan fingerprint density at radius 1 is 0.972 bits per heavy atom. The predicted molar refractivity (Wildman–Crippen MR) is 280 cm³/mol. The van der Waals surface area contributed by atoms with Crippen LogP contribution in [-0.4, -0.2) is 136 Å². The maximum atomic E-state index is 14.9. The largest absolute Gasteiger partial charge is 0.507 e. The lowest BCUT2D eigenvalue weighted by Gasteiger charge is -2.49. The zero-order chi connectivity index (χ0) is 51.1. The van der Waals surface area contributed by atoms with Crippen LogP contribution < -0.4 is 15.5 Å². The summed E-state index contributed by atoms with van der Waals surface area (Å²) in [5.41, 5.74) is 7.55. The molecule has 4 aliphatic heterocycles. The van der Waals surface area contributed by atoms with E-state index in [4.69, 9.17) is 13.7 Å². The van der Waals surface area contributed by atoms with Crippen molar-refractivity contribution in [2.45, 2.75) is 129 Å². The molecule has 0 radical (unpaired) electrons. The highest BCUT2D eigenvalue weighted by molar-refractivity contribution is 7.13. The van der Waals surface area contributed by atoms with Crippen molar-refractivity contribution < 1.29 is 33.2 Å². The smallest absolute Gasteiger partial charge is 0.410 e. The van der Waals surface area contributed by atoms with Crippen molar-refractivity contribution >= 4 is 49.1 Å². The molecule has 9 rings (SSSR count). The van der Waals surface area contributed by atoms with E-state index >= 15 is 0 Å². The molecule has 384 valence electrons. The number of piperidine rings is 1. The topological polar surface area (TPSA) is 192 Å². The van der Waals surface area contributed by atoms with Crippen LogP contribution in [0.3, 0.4) is 0 Å². The van der Waals surface area contributed by atoms with Gasteiger partial charge in [0.1, 0.15) is 35.8 Å². The SMILES string of the molecule is Cc1ncsc1-c1ccc([C@H](C)NC(=O)[C@H]2CC(O[Si](C)(C)C(C)(C)C)CN2C(=O)C(c2cc(COC(=O)N3CCC(N4CCN5c6cc(-c7ccccc7O)nnc6NC[C@H]5C4)CC3)no2)C(C)C)cc1. The summed E-state index contributed by atoms with van der Waals surface area (Å²) in [6, 6.07) is 18.6. The Bertz CT molecular complexity index is 2730. The van der Waals surface area contributed by atoms with Gasteiger partial charge < -0.3 is 44.1 Å². The Hall–Kier alpha value is -5.89. The molecule has 0 bridgehead atoms. The van der Waals surface area contributed by atoms with E-state index in [1.807, 2.05) is 63.5 Å². The second-order valence-corrected chi connectivity index (χ2v) is 27.4. The third-order valence-electron chi connectivity index (χ3n) is 15.6. The molecule has 2 aromatic carbocycles. The minimum Gasteiger partial charge on any atom is -0.507 e. The van der Waals surface area contributed by atoms with Gasteiger partial charge >= 0.3 is 6.09 Å². The lowest BCUT2D eigenvalue weighted by Crippen LogP contribution is -2.61. The number of amides is 3. The number of carbonyl (C=O) groups is 3. The van der Waals surface area contributed by atoms with Gasteiger partial charge in [-0.15, -0.1) is 21.5 Å². The van der Waals surface area contributed by atoms with Crippen molar-refractivity contribution in [3.63, 3.8) is 0 Å². The molecule has 3 N–H and O–H groups in total. The van der Waals surface area contributed by atoms with Crippen molar-refractivity contribution in [3.05, 3.63) is 88.9 Å². The molecule has 0 saturated carbocycles. The van der Waals surface area contributed by atoms with Gasteiger partial charge in [0.25, 0.3) is 0 Å². The van der Waals surface area contributed by atoms with Crippen molar-refractivity contribution in [2.24, 2.45) is 5.92 Å². The van der Waals surface area contributed by atoms with Crippen LogP contribution in [-0.2, 0) is 25.4 Å². The molecule has 19 heteroatoms. The molecule has 5 aromatic rings. The van der Waals surface area contributed by atoms with Crippen LogP contribution in [0.2, 0.25) is 18.1 Å². The van der Waals surface area contributed by atoms with E-state index in [-0.39, 0.29) is 59.9 Å². The van der Waals surface area contributed by atoms with Crippen molar-refractivity contribution in [2.75, 3.05) is 56.0 Å². The fourth-order valence-electron chi connectivity index (χ4n) is 10.4. The van der Waals surface area contributed by atoms with Gasteiger partial charge in [-0.05, 0) is 80.1 Å². The average molecular weight is 1020 g/mol. The monoisotopic (exact) mass is 1020 g/mol. The molecule has 17 nitrogen and oxygen atoms in total. The summed E-state index contributed by atoms with van der Waals surface area (Å²) in [5, 5.41) is 30.2. The Morgan fingerprint density at radius 3 is 2.42 bits per heavy atom. The van der Waals surface area contributed by atoms with E-state index in [1.54, 1.807) is 39.3 Å². The minimum absolute atomic E-state index is 0.0609. The van der Waals surface area contributed by atoms with Gasteiger partial charge in [-0.1, -0.05) is 76.2 Å². The molecule has 3 saturated heterocycles. The first-order valence-electron chi connectivity index (χ1n) is 25.4. The van der Waals surface area contributed by atoms with Gasteiger partial charge in [0.2, 0.25) is 11.8 Å². The number of nitrogens with one attached hydrogen (secondary N) is 2. The third-order valence-corrected chi connectivity index (χ3v) is 21.1. The van der Waals surface area contributed by atoms with Gasteiger partial charge in [-0.2, -0.15) is 0 Å². The summed E-state index contributed by atoms with van der Waals surface area (Å²) in [5.74, 6) is -0.109. The first kappa shape index (κ1) is 51.0. The molecule has 5 atom stereocenters. The van der Waals surface area contributed by atoms with Gasteiger partial charge in [-0.3, -0.25) is 14.5 Å². The van der Waals surface area contributed by atoms with E-state index in [0.29, 0.717) is 48.3 Å². The molecule has 3 amide bonds. The molecule has 3 fully saturated rings. The molecule has 4 aliphatic rings. The number of anilines is 2. The number of hydrogen-bond acceptors (Lipinski definition) is 15. The van der Waals surface area contributed by atoms with Crippen molar-refractivity contribution in [1.29, 1.82) is 0 Å². The van der Waals surface area contributed by atoms with Crippen LogP contribution in [0, 0.1) is 12.8 Å². The number of phenolic OH excluding ortho intramolecular Hbond substituents is 1. The fraction of sp³-hybridized carbons (Fsp3) is 0.528. The summed E-state index contributed by atoms with van der Waals surface area (Å²) in [6.07, 6.45) is 1.32. The maximum absolute atomic E-state index is 14.9. The summed E-state index contributed by atoms with van der Waals surface area (Å²) in [6.45, 7) is 23.5. The number of fused-ring (bicyclic) bond motifs is 3. The first-order chi connectivity index (χ1) is 34.3. The van der Waals surface area contributed by atoms with Crippen LogP contribution in [0.15, 0.2) is 70.7 Å². The lowest BCUT2D eigenvalue weighted by atomic mass is 9.91. The second kappa shape index (κ2) is 20.9. The number of benzene rings is 2. The number of piperazine rings is 1. The Kier molecular flexibility index (Phi) is 14.8. The van der Waals surface area contributed by atoms with Crippen LogP contribution in [0.5, 0.6) is 5.75 Å². The average Bonchev–Trinajstić information content (AvgIpc) is 4.13. The number of rotatable bonds is 13. The van der Waals surface area contributed by atoms with E-state index in [9.17, 15) is 19.5 Å². The predicted octanol–water partition coefficient (Wildman–Crippen LogP) is 8.59. The fourth-order valence-corrected chi connectivity index (χ4v) is 12.6. The molecule has 0 spiro atoms. The second-order valence-electron chi connectivity index (χ2n) is 21.8. The summed E-state index contributed by atoms with van der Waals surface area (Å²) in [4.78, 5) is 56.5. The normalized spacial score (nSPS) is 20.7. The Morgan fingerprint density at radius 2 is 1.72 bits per heavy atom. The van der Waals surface area contributed by atoms with Gasteiger partial charge in [0.15, 0.2) is 14.1 Å². The summed E-state index contributed by atoms with van der Waals surface area (Å²) < 4.78 is 18.5.